The molecule has 2 aliphatic rings. The fourth-order valence-corrected chi connectivity index (χ4v) is 3.89. The fourth-order valence-electron chi connectivity index (χ4n) is 3.02. The lowest BCUT2D eigenvalue weighted by Crippen LogP contribution is -2.31. The highest BCUT2D eigenvalue weighted by Crippen LogP contribution is 2.40. The molecule has 0 radical (unpaired) electrons. The molecule has 7 heteroatoms. The van der Waals surface area contributed by atoms with E-state index in [0.29, 0.717) is 11.7 Å². The van der Waals surface area contributed by atoms with Gasteiger partial charge in [0.2, 0.25) is 5.89 Å². The summed E-state index contributed by atoms with van der Waals surface area (Å²) in [6.45, 7) is 4.56. The number of hydrogen-bond acceptors (Lipinski definition) is 6. The lowest BCUT2D eigenvalue weighted by molar-refractivity contribution is 0.0732. The van der Waals surface area contributed by atoms with Crippen molar-refractivity contribution in [2.45, 2.75) is 51.5 Å². The van der Waals surface area contributed by atoms with E-state index in [-0.39, 0.29) is 11.9 Å². The number of aryl methyl sites for hydroxylation is 2. The summed E-state index contributed by atoms with van der Waals surface area (Å²) in [5.41, 5.74) is 0.810. The Morgan fingerprint density at radius 3 is 2.77 bits per heavy atom. The van der Waals surface area contributed by atoms with Crippen LogP contribution in [0.5, 0.6) is 0 Å². The van der Waals surface area contributed by atoms with Crippen molar-refractivity contribution >= 4 is 17.2 Å². The first-order valence-corrected chi connectivity index (χ1v) is 8.53. The van der Waals surface area contributed by atoms with E-state index < -0.39 is 0 Å². The van der Waals surface area contributed by atoms with Crippen LogP contribution in [-0.4, -0.2) is 32.5 Å². The highest BCUT2D eigenvalue weighted by Gasteiger charge is 2.37. The number of amides is 1. The van der Waals surface area contributed by atoms with Crippen molar-refractivity contribution in [2.75, 3.05) is 6.54 Å². The third-order valence-corrected chi connectivity index (χ3v) is 5.35. The Balaban J connectivity index is 1.59. The number of likely N-dealkylation sites (tertiary alicyclic amines) is 1. The molecule has 1 amide bonds. The third kappa shape index (κ3) is 2.33. The predicted octanol–water partition coefficient (Wildman–Crippen LogP) is 3.00. The van der Waals surface area contributed by atoms with Crippen LogP contribution in [-0.2, 0) is 0 Å². The van der Waals surface area contributed by atoms with Gasteiger partial charge < -0.3 is 9.42 Å². The Labute approximate surface area is 132 Å². The van der Waals surface area contributed by atoms with Gasteiger partial charge in [0, 0.05) is 12.5 Å². The van der Waals surface area contributed by atoms with Crippen molar-refractivity contribution in [1.29, 1.82) is 0 Å². The lowest BCUT2D eigenvalue weighted by Gasteiger charge is -2.21. The van der Waals surface area contributed by atoms with E-state index in [2.05, 4.69) is 15.1 Å². The molecule has 0 aromatic carbocycles. The van der Waals surface area contributed by atoms with E-state index in [1.165, 1.54) is 11.3 Å². The molecule has 0 spiro atoms. The van der Waals surface area contributed by atoms with Crippen LogP contribution in [0.2, 0.25) is 0 Å². The van der Waals surface area contributed by atoms with Crippen LogP contribution in [0.4, 0.5) is 0 Å². The number of carbonyl (C=O) groups excluding carboxylic acids is 1. The van der Waals surface area contributed by atoms with Gasteiger partial charge in [-0.3, -0.25) is 4.79 Å². The number of thiazole rings is 1. The zero-order valence-electron chi connectivity index (χ0n) is 12.7. The molecule has 1 aliphatic heterocycles. The van der Waals surface area contributed by atoms with E-state index in [0.717, 1.165) is 53.7 Å². The Kier molecular flexibility index (Phi) is 3.25. The maximum atomic E-state index is 12.8. The summed E-state index contributed by atoms with van der Waals surface area (Å²) in [6.07, 6.45) is 4.13. The molecule has 1 saturated heterocycles. The van der Waals surface area contributed by atoms with Gasteiger partial charge in [0.15, 0.2) is 5.82 Å². The van der Waals surface area contributed by atoms with Crippen LogP contribution in [0.15, 0.2) is 4.52 Å². The quantitative estimate of drug-likeness (QED) is 0.870. The van der Waals surface area contributed by atoms with Gasteiger partial charge in [0.05, 0.1) is 16.7 Å². The maximum absolute atomic E-state index is 12.8. The standard InChI is InChI=1S/C15H18N4O2S/c1-8-12(22-9(2)16-8)15(20)19-7-3-4-11(19)13-17-14(21-18-13)10-5-6-10/h10-11H,3-7H2,1-2H3/t11-/m0/s1. The van der Waals surface area contributed by atoms with Gasteiger partial charge in [-0.2, -0.15) is 4.98 Å². The van der Waals surface area contributed by atoms with E-state index in [1.807, 2.05) is 18.7 Å². The summed E-state index contributed by atoms with van der Waals surface area (Å²) in [5.74, 6) is 1.88. The average Bonchev–Trinajstić information content (AvgIpc) is 2.92. The molecule has 1 atom stereocenters. The van der Waals surface area contributed by atoms with E-state index in [9.17, 15) is 4.79 Å². The first-order chi connectivity index (χ1) is 10.6. The highest BCUT2D eigenvalue weighted by molar-refractivity contribution is 7.13. The smallest absolute Gasteiger partial charge is 0.266 e. The Morgan fingerprint density at radius 2 is 2.09 bits per heavy atom. The van der Waals surface area contributed by atoms with Crippen molar-refractivity contribution < 1.29 is 9.32 Å². The van der Waals surface area contributed by atoms with Crippen molar-refractivity contribution in [3.05, 3.63) is 27.3 Å². The first kappa shape index (κ1) is 13.9. The van der Waals surface area contributed by atoms with Crippen molar-refractivity contribution in [3.63, 3.8) is 0 Å². The van der Waals surface area contributed by atoms with Crippen LogP contribution >= 0.6 is 11.3 Å². The van der Waals surface area contributed by atoms with Crippen molar-refractivity contribution in [3.8, 4) is 0 Å². The summed E-state index contributed by atoms with van der Waals surface area (Å²) in [6, 6.07) is -0.0643. The zero-order chi connectivity index (χ0) is 15.3. The molecule has 22 heavy (non-hydrogen) atoms. The molecule has 0 unspecified atom stereocenters. The van der Waals surface area contributed by atoms with Crippen molar-refractivity contribution in [2.24, 2.45) is 0 Å². The largest absolute Gasteiger partial charge is 0.339 e. The van der Waals surface area contributed by atoms with Gasteiger partial charge in [-0.05, 0) is 39.5 Å². The monoisotopic (exact) mass is 318 g/mol. The van der Waals surface area contributed by atoms with E-state index in [1.54, 1.807) is 0 Å². The molecule has 2 aromatic heterocycles. The summed E-state index contributed by atoms with van der Waals surface area (Å²) < 4.78 is 5.35. The highest BCUT2D eigenvalue weighted by atomic mass is 32.1. The molecule has 6 nitrogen and oxygen atoms in total. The summed E-state index contributed by atoms with van der Waals surface area (Å²) >= 11 is 1.46. The Morgan fingerprint density at radius 1 is 1.27 bits per heavy atom. The number of nitrogens with zero attached hydrogens (tertiary/aromatic N) is 4. The zero-order valence-corrected chi connectivity index (χ0v) is 13.5. The van der Waals surface area contributed by atoms with E-state index in [4.69, 9.17) is 4.52 Å². The van der Waals surface area contributed by atoms with Gasteiger partial charge in [-0.1, -0.05) is 5.16 Å². The van der Waals surface area contributed by atoms with Gasteiger partial charge in [-0.15, -0.1) is 11.3 Å². The summed E-state index contributed by atoms with van der Waals surface area (Å²) in [4.78, 5) is 24.3. The summed E-state index contributed by atoms with van der Waals surface area (Å²) in [5, 5.41) is 5.04. The normalized spacial score (nSPS) is 21.5. The predicted molar refractivity (Wildman–Crippen MR) is 80.9 cm³/mol. The topological polar surface area (TPSA) is 72.1 Å². The molecule has 0 N–H and O–H groups in total. The minimum atomic E-state index is -0.0643. The van der Waals surface area contributed by atoms with Crippen LogP contribution < -0.4 is 0 Å². The second-order valence-corrected chi connectivity index (χ2v) is 7.27. The number of rotatable bonds is 3. The van der Waals surface area contributed by atoms with Crippen LogP contribution in [0, 0.1) is 13.8 Å². The SMILES string of the molecule is Cc1nc(C)c(C(=O)N2CCC[C@H]2c2noc(C3CC3)n2)s1. The lowest BCUT2D eigenvalue weighted by atomic mass is 10.2. The van der Waals surface area contributed by atoms with Crippen LogP contribution in [0.1, 0.15) is 69.7 Å². The van der Waals surface area contributed by atoms with Gasteiger partial charge >= 0.3 is 0 Å². The molecule has 0 bridgehead atoms. The average molecular weight is 318 g/mol. The minimum absolute atomic E-state index is 0.0448. The fraction of sp³-hybridized carbons (Fsp3) is 0.600. The van der Waals surface area contributed by atoms with Gasteiger partial charge in [0.25, 0.3) is 5.91 Å². The maximum Gasteiger partial charge on any atom is 0.266 e. The molecule has 1 aliphatic carbocycles. The molecular formula is C15H18N4O2S. The number of aromatic nitrogens is 3. The third-order valence-electron chi connectivity index (χ3n) is 4.29. The molecule has 3 heterocycles. The minimum Gasteiger partial charge on any atom is -0.339 e. The molecule has 2 fully saturated rings. The first-order valence-electron chi connectivity index (χ1n) is 7.72. The molecule has 2 aromatic rings. The molecule has 4 rings (SSSR count). The van der Waals surface area contributed by atoms with E-state index >= 15 is 0 Å². The van der Waals surface area contributed by atoms with Crippen LogP contribution in [0.25, 0.3) is 0 Å². The van der Waals surface area contributed by atoms with Gasteiger partial charge in [-0.25, -0.2) is 4.98 Å². The van der Waals surface area contributed by atoms with Crippen LogP contribution in [0.3, 0.4) is 0 Å². The Bertz CT molecular complexity index is 719. The number of hydrogen-bond donors (Lipinski definition) is 0. The number of carbonyl (C=O) groups is 1. The second-order valence-electron chi connectivity index (χ2n) is 6.07. The van der Waals surface area contributed by atoms with Gasteiger partial charge in [0.1, 0.15) is 4.88 Å². The van der Waals surface area contributed by atoms with Crippen molar-refractivity contribution in [1.82, 2.24) is 20.0 Å². The molecular weight excluding hydrogens is 300 g/mol. The molecule has 1 saturated carbocycles. The molecule has 116 valence electrons. The second kappa shape index (κ2) is 5.15. The summed E-state index contributed by atoms with van der Waals surface area (Å²) in [7, 11) is 0. The Hall–Kier alpha value is -1.76.